The van der Waals surface area contributed by atoms with Crippen LogP contribution in [0.25, 0.3) is 22.0 Å². The van der Waals surface area contributed by atoms with Crippen LogP contribution < -0.4 is 20.1 Å². The molecule has 2 N–H and O–H groups in total. The molecule has 0 spiro atoms. The van der Waals surface area contributed by atoms with Crippen molar-refractivity contribution >= 4 is 39.8 Å². The van der Waals surface area contributed by atoms with Crippen molar-refractivity contribution in [2.45, 2.75) is 44.3 Å². The number of nitrogens with one attached hydrogen (secondary N) is 2. The summed E-state index contributed by atoms with van der Waals surface area (Å²) in [5.74, 6) is 1.75. The van der Waals surface area contributed by atoms with Crippen molar-refractivity contribution in [3.05, 3.63) is 40.1 Å². The Morgan fingerprint density at radius 1 is 1.03 bits per heavy atom. The smallest absolute Gasteiger partial charge is 0.141 e. The van der Waals surface area contributed by atoms with Crippen molar-refractivity contribution in [2.24, 2.45) is 0 Å². The van der Waals surface area contributed by atoms with Crippen LogP contribution in [0.1, 0.15) is 31.4 Å². The monoisotopic (exact) mass is 502 g/mol. The highest BCUT2D eigenvalue weighted by atomic mass is 35.5. The summed E-state index contributed by atoms with van der Waals surface area (Å²) in [5.41, 5.74) is 2.17. The lowest BCUT2D eigenvalue weighted by atomic mass is 10.1. The summed E-state index contributed by atoms with van der Waals surface area (Å²) in [6.07, 6.45) is 6.35. The second-order valence-corrected chi connectivity index (χ2v) is 9.51. The van der Waals surface area contributed by atoms with Crippen LogP contribution in [0.15, 0.2) is 24.4 Å². The van der Waals surface area contributed by atoms with Gasteiger partial charge in [-0.15, -0.1) is 0 Å². The first-order valence-electron chi connectivity index (χ1n) is 11.5. The Morgan fingerprint density at radius 2 is 1.79 bits per heavy atom. The van der Waals surface area contributed by atoms with Crippen molar-refractivity contribution in [1.29, 1.82) is 0 Å². The number of anilines is 1. The van der Waals surface area contributed by atoms with Gasteiger partial charge in [0.05, 0.1) is 42.3 Å². The van der Waals surface area contributed by atoms with Crippen LogP contribution in [0.3, 0.4) is 0 Å². The molecule has 3 heterocycles. The van der Waals surface area contributed by atoms with Gasteiger partial charge in [-0.2, -0.15) is 0 Å². The largest absolute Gasteiger partial charge is 0.495 e. The lowest BCUT2D eigenvalue weighted by molar-refractivity contribution is 0.0698. The fourth-order valence-electron chi connectivity index (χ4n) is 4.21. The van der Waals surface area contributed by atoms with E-state index in [4.69, 9.17) is 47.4 Å². The molecule has 2 aromatic heterocycles. The van der Waals surface area contributed by atoms with Crippen LogP contribution in [0, 0.1) is 0 Å². The van der Waals surface area contributed by atoms with Crippen LogP contribution in [0.2, 0.25) is 10.0 Å². The van der Waals surface area contributed by atoms with E-state index in [0.29, 0.717) is 51.4 Å². The molecule has 34 heavy (non-hydrogen) atoms. The molecule has 180 valence electrons. The van der Waals surface area contributed by atoms with E-state index in [2.05, 4.69) is 16.7 Å². The van der Waals surface area contributed by atoms with E-state index in [1.807, 2.05) is 12.3 Å². The van der Waals surface area contributed by atoms with Crippen molar-refractivity contribution in [3.63, 3.8) is 0 Å². The van der Waals surface area contributed by atoms with E-state index in [1.54, 1.807) is 20.3 Å². The van der Waals surface area contributed by atoms with Crippen molar-refractivity contribution in [2.75, 3.05) is 32.8 Å². The molecule has 1 aliphatic carbocycles. The molecule has 3 aromatic rings. The van der Waals surface area contributed by atoms with Gasteiger partial charge in [0.2, 0.25) is 0 Å². The predicted octanol–water partition coefficient (Wildman–Crippen LogP) is 5.46. The molecule has 1 atom stereocenters. The normalized spacial score (nSPS) is 18.2. The first-order chi connectivity index (χ1) is 16.6. The Hall–Kier alpha value is -2.32. The number of hydrogen-bond donors (Lipinski definition) is 2. The molecule has 5 rings (SSSR count). The van der Waals surface area contributed by atoms with E-state index < -0.39 is 0 Å². The molecule has 7 nitrogen and oxygen atoms in total. The van der Waals surface area contributed by atoms with Gasteiger partial charge in [0.1, 0.15) is 17.3 Å². The van der Waals surface area contributed by atoms with E-state index in [1.165, 1.54) is 0 Å². The quantitative estimate of drug-likeness (QED) is 0.423. The highest BCUT2D eigenvalue weighted by Gasteiger charge is 2.25. The number of fused-ring (bicyclic) bond motifs is 1. The Labute approximate surface area is 209 Å². The maximum atomic E-state index is 6.68. The summed E-state index contributed by atoms with van der Waals surface area (Å²) < 4.78 is 16.5. The van der Waals surface area contributed by atoms with Gasteiger partial charge < -0.3 is 24.8 Å². The lowest BCUT2D eigenvalue weighted by Gasteiger charge is -2.23. The van der Waals surface area contributed by atoms with E-state index in [0.717, 1.165) is 61.2 Å². The average Bonchev–Trinajstić information content (AvgIpc) is 3.68. The summed E-state index contributed by atoms with van der Waals surface area (Å²) in [6, 6.07) is 6.52. The number of methoxy groups -OCH3 is 2. The molecule has 2 aliphatic rings. The number of rotatable bonds is 8. The summed E-state index contributed by atoms with van der Waals surface area (Å²) >= 11 is 13.4. The Balaban J connectivity index is 1.54. The fourth-order valence-corrected chi connectivity index (χ4v) is 4.90. The van der Waals surface area contributed by atoms with Crippen LogP contribution in [-0.2, 0) is 11.3 Å². The molecule has 0 bridgehead atoms. The van der Waals surface area contributed by atoms with Gasteiger partial charge in [-0.05, 0) is 37.8 Å². The topological polar surface area (TPSA) is 77.5 Å². The minimum atomic E-state index is 0.364. The summed E-state index contributed by atoms with van der Waals surface area (Å²) in [6.45, 7) is 2.28. The van der Waals surface area contributed by atoms with E-state index in [-0.39, 0.29) is 0 Å². The summed E-state index contributed by atoms with van der Waals surface area (Å²) in [7, 11) is 3.12. The Morgan fingerprint density at radius 3 is 2.44 bits per heavy atom. The Bertz CT molecular complexity index is 1170. The zero-order valence-corrected chi connectivity index (χ0v) is 20.8. The van der Waals surface area contributed by atoms with Gasteiger partial charge >= 0.3 is 0 Å². The SMILES string of the molecule is COc1cc(OC)c(Cl)c(-c2cc3cnc(CN[C@H]4CCCOC4)cc3c(NC3CC3)n2)c1Cl. The highest BCUT2D eigenvalue weighted by Crippen LogP contribution is 2.46. The number of ether oxygens (including phenoxy) is 3. The molecular formula is C25H28Cl2N4O3. The van der Waals surface area contributed by atoms with Gasteiger partial charge in [-0.25, -0.2) is 4.98 Å². The van der Waals surface area contributed by atoms with Gasteiger partial charge in [-0.1, -0.05) is 23.2 Å². The van der Waals surface area contributed by atoms with Crippen molar-refractivity contribution in [3.8, 4) is 22.8 Å². The number of pyridine rings is 2. The maximum Gasteiger partial charge on any atom is 0.141 e. The van der Waals surface area contributed by atoms with Crippen LogP contribution in [0.4, 0.5) is 5.82 Å². The van der Waals surface area contributed by atoms with Crippen molar-refractivity contribution < 1.29 is 14.2 Å². The zero-order valence-electron chi connectivity index (χ0n) is 19.3. The van der Waals surface area contributed by atoms with Crippen LogP contribution in [0.5, 0.6) is 11.5 Å². The van der Waals surface area contributed by atoms with E-state index in [9.17, 15) is 0 Å². The first-order valence-corrected chi connectivity index (χ1v) is 12.3. The first kappa shape index (κ1) is 23.4. The molecule has 1 saturated heterocycles. The molecule has 0 unspecified atom stereocenters. The van der Waals surface area contributed by atoms with Gasteiger partial charge in [-0.3, -0.25) is 4.98 Å². The maximum absolute atomic E-state index is 6.68. The van der Waals surface area contributed by atoms with Gasteiger partial charge in [0.15, 0.2) is 0 Å². The van der Waals surface area contributed by atoms with Crippen LogP contribution >= 0.6 is 23.2 Å². The van der Waals surface area contributed by atoms with Gasteiger partial charge in [0, 0.05) is 53.8 Å². The number of aromatic nitrogens is 2. The van der Waals surface area contributed by atoms with Crippen LogP contribution in [-0.4, -0.2) is 49.5 Å². The molecular weight excluding hydrogens is 475 g/mol. The lowest BCUT2D eigenvalue weighted by Crippen LogP contribution is -2.36. The van der Waals surface area contributed by atoms with E-state index >= 15 is 0 Å². The minimum absolute atomic E-state index is 0.364. The second-order valence-electron chi connectivity index (χ2n) is 8.75. The third-order valence-corrected chi connectivity index (χ3v) is 7.00. The minimum Gasteiger partial charge on any atom is -0.495 e. The number of nitrogens with zero attached hydrogens (tertiary/aromatic N) is 2. The molecule has 9 heteroatoms. The second kappa shape index (κ2) is 10.1. The molecule has 1 aliphatic heterocycles. The third-order valence-electron chi connectivity index (χ3n) is 6.25. The number of hydrogen-bond acceptors (Lipinski definition) is 7. The highest BCUT2D eigenvalue weighted by molar-refractivity contribution is 6.41. The average molecular weight is 503 g/mol. The third kappa shape index (κ3) is 4.89. The standard InChI is InChI=1S/C25H28Cl2N4O3/c1-32-20-10-21(33-2)24(27)22(23(20)26)19-8-14-11-28-17(12-29-16-4-3-7-34-13-16)9-18(14)25(31-19)30-15-5-6-15/h8-11,15-16,29H,3-7,12-13H2,1-2H3,(H,30,31)/t16-/m0/s1. The predicted molar refractivity (Wildman–Crippen MR) is 135 cm³/mol. The molecule has 0 radical (unpaired) electrons. The molecule has 0 amide bonds. The summed E-state index contributed by atoms with van der Waals surface area (Å²) in [4.78, 5) is 9.66. The Kier molecular flexibility index (Phi) is 6.97. The zero-order chi connectivity index (χ0) is 23.7. The molecule has 2 fully saturated rings. The summed E-state index contributed by atoms with van der Waals surface area (Å²) in [5, 5.41) is 9.88. The number of benzene rings is 1. The molecule has 1 saturated carbocycles. The number of halogens is 2. The molecule has 1 aromatic carbocycles. The fraction of sp³-hybridized carbons (Fsp3) is 0.440. The van der Waals surface area contributed by atoms with Crippen molar-refractivity contribution in [1.82, 2.24) is 15.3 Å². The van der Waals surface area contributed by atoms with Gasteiger partial charge in [0.25, 0.3) is 0 Å².